The summed E-state index contributed by atoms with van der Waals surface area (Å²) in [5.41, 5.74) is 2.42. The molecule has 0 unspecified atom stereocenters. The Labute approximate surface area is 112 Å². The first-order valence-electron chi connectivity index (χ1n) is 6.98. The van der Waals surface area contributed by atoms with Crippen molar-refractivity contribution in [2.45, 2.75) is 44.6 Å². The molecule has 0 aromatic carbocycles. The molecule has 5 nitrogen and oxygen atoms in total. The predicted octanol–water partition coefficient (Wildman–Crippen LogP) is 1.57. The van der Waals surface area contributed by atoms with Gasteiger partial charge < -0.3 is 10.1 Å². The van der Waals surface area contributed by atoms with E-state index in [2.05, 4.69) is 10.3 Å². The van der Waals surface area contributed by atoms with Gasteiger partial charge in [-0.1, -0.05) is 12.8 Å². The number of rotatable bonds is 2. The van der Waals surface area contributed by atoms with Crippen LogP contribution in [0.4, 0.5) is 0 Å². The van der Waals surface area contributed by atoms with Gasteiger partial charge in [-0.15, -0.1) is 0 Å². The highest BCUT2D eigenvalue weighted by molar-refractivity contribution is 5.89. The largest absolute Gasteiger partial charge is 0.464 e. The van der Waals surface area contributed by atoms with Gasteiger partial charge in [0.25, 0.3) is 0 Å². The third-order valence-electron chi connectivity index (χ3n) is 4.05. The molecule has 0 amide bonds. The first-order chi connectivity index (χ1) is 9.29. The maximum atomic E-state index is 11.9. The summed E-state index contributed by atoms with van der Waals surface area (Å²) >= 11 is 0. The van der Waals surface area contributed by atoms with Gasteiger partial charge in [-0.05, 0) is 25.8 Å². The van der Waals surface area contributed by atoms with E-state index < -0.39 is 0 Å². The van der Waals surface area contributed by atoms with Crippen LogP contribution < -0.4 is 5.32 Å². The number of nitrogens with zero attached hydrogens (tertiary/aromatic N) is 2. The first kappa shape index (κ1) is 12.5. The Bertz CT molecular complexity index is 496. The summed E-state index contributed by atoms with van der Waals surface area (Å²) in [4.78, 5) is 21.1. The van der Waals surface area contributed by atoms with E-state index in [1.807, 2.05) is 0 Å². The topological polar surface area (TPSA) is 64.1 Å². The van der Waals surface area contributed by atoms with Gasteiger partial charge in [0, 0.05) is 18.0 Å². The standard InChI is InChI=1S/C14H19N3O2/c1-19-14(18)12-10-6-7-15-8-11(10)16-13(17-12)9-4-2-3-5-9/h9,15H,2-8H2,1H3. The third-order valence-corrected chi connectivity index (χ3v) is 4.05. The van der Waals surface area contributed by atoms with Gasteiger partial charge in [0.05, 0.1) is 12.8 Å². The molecular weight excluding hydrogens is 242 g/mol. The monoisotopic (exact) mass is 261 g/mol. The summed E-state index contributed by atoms with van der Waals surface area (Å²) in [6.45, 7) is 1.59. The van der Waals surface area contributed by atoms with E-state index >= 15 is 0 Å². The van der Waals surface area contributed by atoms with E-state index in [9.17, 15) is 4.79 Å². The molecule has 1 saturated carbocycles. The fourth-order valence-corrected chi connectivity index (χ4v) is 3.01. The highest BCUT2D eigenvalue weighted by atomic mass is 16.5. The highest BCUT2D eigenvalue weighted by Gasteiger charge is 2.26. The average molecular weight is 261 g/mol. The van der Waals surface area contributed by atoms with Gasteiger partial charge >= 0.3 is 5.97 Å². The molecule has 0 spiro atoms. The molecule has 1 fully saturated rings. The molecule has 19 heavy (non-hydrogen) atoms. The van der Waals surface area contributed by atoms with E-state index in [1.54, 1.807) is 0 Å². The Morgan fingerprint density at radius 3 is 2.84 bits per heavy atom. The minimum atomic E-state index is -0.334. The number of esters is 1. The molecule has 0 saturated heterocycles. The number of carbonyl (C=O) groups excluding carboxylic acids is 1. The smallest absolute Gasteiger partial charge is 0.357 e. The van der Waals surface area contributed by atoms with Crippen LogP contribution in [0.3, 0.4) is 0 Å². The van der Waals surface area contributed by atoms with Crippen molar-refractivity contribution in [3.63, 3.8) is 0 Å². The fourth-order valence-electron chi connectivity index (χ4n) is 3.01. The molecule has 1 aromatic heterocycles. The summed E-state index contributed by atoms with van der Waals surface area (Å²) in [7, 11) is 1.41. The molecule has 3 rings (SSSR count). The van der Waals surface area contributed by atoms with Crippen LogP contribution in [0.15, 0.2) is 0 Å². The molecule has 0 bridgehead atoms. The van der Waals surface area contributed by atoms with Crippen LogP contribution in [0.2, 0.25) is 0 Å². The number of fused-ring (bicyclic) bond motifs is 1. The minimum Gasteiger partial charge on any atom is -0.464 e. The number of hydrogen-bond donors (Lipinski definition) is 1. The van der Waals surface area contributed by atoms with Gasteiger partial charge in [-0.25, -0.2) is 14.8 Å². The van der Waals surface area contributed by atoms with Crippen molar-refractivity contribution in [2.75, 3.05) is 13.7 Å². The molecule has 102 valence electrons. The number of methoxy groups -OCH3 is 1. The molecule has 2 heterocycles. The van der Waals surface area contributed by atoms with E-state index in [4.69, 9.17) is 9.72 Å². The third kappa shape index (κ3) is 2.34. The lowest BCUT2D eigenvalue weighted by Crippen LogP contribution is -2.28. The van der Waals surface area contributed by atoms with E-state index in [0.29, 0.717) is 11.6 Å². The van der Waals surface area contributed by atoms with Gasteiger partial charge in [0.1, 0.15) is 5.82 Å². The fraction of sp³-hybridized carbons (Fsp3) is 0.643. The molecule has 1 N–H and O–H groups in total. The lowest BCUT2D eigenvalue weighted by molar-refractivity contribution is 0.0591. The lowest BCUT2D eigenvalue weighted by atomic mass is 10.0. The molecule has 1 aliphatic carbocycles. The van der Waals surface area contributed by atoms with Crippen molar-refractivity contribution in [1.82, 2.24) is 15.3 Å². The number of ether oxygens (including phenoxy) is 1. The molecule has 1 aliphatic heterocycles. The molecule has 1 aromatic rings. The highest BCUT2D eigenvalue weighted by Crippen LogP contribution is 2.33. The molecule has 0 atom stereocenters. The van der Waals surface area contributed by atoms with E-state index in [1.165, 1.54) is 20.0 Å². The maximum absolute atomic E-state index is 11.9. The van der Waals surface area contributed by atoms with Crippen molar-refractivity contribution < 1.29 is 9.53 Å². The Morgan fingerprint density at radius 2 is 2.11 bits per heavy atom. The summed E-state index contributed by atoms with van der Waals surface area (Å²) < 4.78 is 4.87. The second kappa shape index (κ2) is 5.25. The molecule has 0 radical (unpaired) electrons. The van der Waals surface area contributed by atoms with Crippen LogP contribution >= 0.6 is 0 Å². The molecule has 2 aliphatic rings. The lowest BCUT2D eigenvalue weighted by Gasteiger charge is -2.20. The van der Waals surface area contributed by atoms with E-state index in [0.717, 1.165) is 49.4 Å². The molecule has 5 heteroatoms. The zero-order chi connectivity index (χ0) is 13.2. The average Bonchev–Trinajstić information content (AvgIpc) is 2.99. The van der Waals surface area contributed by atoms with Crippen molar-refractivity contribution in [2.24, 2.45) is 0 Å². The van der Waals surface area contributed by atoms with Crippen LogP contribution in [0.1, 0.15) is 59.2 Å². The number of hydrogen-bond acceptors (Lipinski definition) is 5. The Hall–Kier alpha value is -1.49. The summed E-state index contributed by atoms with van der Waals surface area (Å²) in [6, 6.07) is 0. The van der Waals surface area contributed by atoms with Crippen molar-refractivity contribution >= 4 is 5.97 Å². The SMILES string of the molecule is COC(=O)c1nc(C2CCCC2)nc2c1CCNC2. The first-order valence-corrected chi connectivity index (χ1v) is 6.98. The number of aromatic nitrogens is 2. The maximum Gasteiger partial charge on any atom is 0.357 e. The van der Waals surface area contributed by atoms with Crippen molar-refractivity contribution in [1.29, 1.82) is 0 Å². The van der Waals surface area contributed by atoms with Gasteiger partial charge in [-0.2, -0.15) is 0 Å². The molecular formula is C14H19N3O2. The van der Waals surface area contributed by atoms with Crippen LogP contribution in [-0.2, 0) is 17.7 Å². The van der Waals surface area contributed by atoms with E-state index in [-0.39, 0.29) is 5.97 Å². The predicted molar refractivity (Wildman–Crippen MR) is 70.0 cm³/mol. The normalized spacial score (nSPS) is 19.2. The second-order valence-corrected chi connectivity index (χ2v) is 5.26. The van der Waals surface area contributed by atoms with Gasteiger partial charge in [0.15, 0.2) is 5.69 Å². The summed E-state index contributed by atoms with van der Waals surface area (Å²) in [6.07, 6.45) is 5.53. The number of nitrogens with one attached hydrogen (secondary N) is 1. The Morgan fingerprint density at radius 1 is 1.32 bits per heavy atom. The zero-order valence-electron chi connectivity index (χ0n) is 11.2. The van der Waals surface area contributed by atoms with Gasteiger partial charge in [0.2, 0.25) is 0 Å². The Balaban J connectivity index is 2.04. The van der Waals surface area contributed by atoms with Crippen LogP contribution in [-0.4, -0.2) is 29.6 Å². The van der Waals surface area contributed by atoms with Gasteiger partial charge in [-0.3, -0.25) is 0 Å². The summed E-state index contributed by atoms with van der Waals surface area (Å²) in [5.74, 6) is 0.913. The summed E-state index contributed by atoms with van der Waals surface area (Å²) in [5, 5.41) is 3.30. The quantitative estimate of drug-likeness (QED) is 0.819. The van der Waals surface area contributed by atoms with Crippen molar-refractivity contribution in [3.05, 3.63) is 22.8 Å². The minimum absolute atomic E-state index is 0.334. The number of carbonyl (C=O) groups is 1. The second-order valence-electron chi connectivity index (χ2n) is 5.26. The van der Waals surface area contributed by atoms with Crippen LogP contribution in [0, 0.1) is 0 Å². The Kier molecular flexibility index (Phi) is 3.46. The zero-order valence-corrected chi connectivity index (χ0v) is 11.2. The van der Waals surface area contributed by atoms with Crippen LogP contribution in [0.5, 0.6) is 0 Å². The van der Waals surface area contributed by atoms with Crippen molar-refractivity contribution in [3.8, 4) is 0 Å². The van der Waals surface area contributed by atoms with Crippen LogP contribution in [0.25, 0.3) is 0 Å².